The van der Waals surface area contributed by atoms with Crippen LogP contribution in [0.25, 0.3) is 5.69 Å². The van der Waals surface area contributed by atoms with E-state index in [1.165, 1.54) is 0 Å². The lowest BCUT2D eigenvalue weighted by atomic mass is 9.76. The molecular formula is C16H15N3O. The predicted octanol–water partition coefficient (Wildman–Crippen LogP) is 2.90. The molecule has 1 aromatic heterocycles. The van der Waals surface area contributed by atoms with Crippen LogP contribution < -0.4 is 0 Å². The fourth-order valence-corrected chi connectivity index (χ4v) is 2.75. The first-order valence-electron chi connectivity index (χ1n) is 6.61. The number of carbonyl (C=O) groups excluding carboxylic acids is 1. The lowest BCUT2D eigenvalue weighted by Gasteiger charge is -2.28. The summed E-state index contributed by atoms with van der Waals surface area (Å²) >= 11 is 0. The minimum Gasteiger partial charge on any atom is -0.294 e. The molecule has 0 unspecified atom stereocenters. The van der Waals surface area contributed by atoms with Gasteiger partial charge in [0, 0.05) is 6.42 Å². The number of Topliss-reactive ketones (excluding diaryl/α,β-unsaturated/α-hetero) is 1. The number of hydrogen-bond acceptors (Lipinski definition) is 3. The van der Waals surface area contributed by atoms with E-state index < -0.39 is 0 Å². The maximum absolute atomic E-state index is 12.2. The third-order valence-corrected chi connectivity index (χ3v) is 3.67. The van der Waals surface area contributed by atoms with E-state index in [-0.39, 0.29) is 11.2 Å². The molecule has 2 aromatic rings. The van der Waals surface area contributed by atoms with E-state index in [9.17, 15) is 4.79 Å². The van der Waals surface area contributed by atoms with Gasteiger partial charge in [-0.3, -0.25) is 4.79 Å². The van der Waals surface area contributed by atoms with Gasteiger partial charge in [-0.15, -0.1) is 0 Å². The van der Waals surface area contributed by atoms with Crippen molar-refractivity contribution in [1.29, 1.82) is 5.26 Å². The van der Waals surface area contributed by atoms with E-state index >= 15 is 0 Å². The Kier molecular flexibility index (Phi) is 2.72. The molecule has 0 saturated heterocycles. The van der Waals surface area contributed by atoms with E-state index in [4.69, 9.17) is 5.26 Å². The number of benzene rings is 1. The number of fused-ring (bicyclic) bond motifs is 1. The number of rotatable bonds is 1. The summed E-state index contributed by atoms with van der Waals surface area (Å²) in [6.07, 6.45) is 3.01. The first-order valence-corrected chi connectivity index (χ1v) is 6.61. The first kappa shape index (κ1) is 12.6. The van der Waals surface area contributed by atoms with Crippen LogP contribution in [-0.4, -0.2) is 15.6 Å². The lowest BCUT2D eigenvalue weighted by Crippen LogP contribution is -2.27. The lowest BCUT2D eigenvalue weighted by molar-refractivity contribution is 0.0911. The molecule has 0 fully saturated rings. The van der Waals surface area contributed by atoms with Gasteiger partial charge >= 0.3 is 0 Å². The Morgan fingerprint density at radius 2 is 2.15 bits per heavy atom. The van der Waals surface area contributed by atoms with Crippen molar-refractivity contribution in [2.24, 2.45) is 5.41 Å². The van der Waals surface area contributed by atoms with Crippen LogP contribution >= 0.6 is 0 Å². The van der Waals surface area contributed by atoms with Crippen LogP contribution in [-0.2, 0) is 6.42 Å². The van der Waals surface area contributed by atoms with E-state index in [1.54, 1.807) is 23.0 Å². The van der Waals surface area contributed by atoms with Crippen LogP contribution in [0.2, 0.25) is 0 Å². The topological polar surface area (TPSA) is 58.7 Å². The van der Waals surface area contributed by atoms with Crippen molar-refractivity contribution in [3.05, 3.63) is 47.3 Å². The Bertz CT molecular complexity index is 734. The Balaban J connectivity index is 2.13. The molecule has 0 aliphatic heterocycles. The van der Waals surface area contributed by atoms with Gasteiger partial charge in [-0.25, -0.2) is 4.68 Å². The average molecular weight is 265 g/mol. The number of nitrogens with zero attached hydrogens (tertiary/aromatic N) is 3. The molecule has 0 N–H and O–H groups in total. The molecule has 1 heterocycles. The summed E-state index contributed by atoms with van der Waals surface area (Å²) in [5.74, 6) is 0.152. The molecule has 0 radical (unpaired) electrons. The molecule has 0 amide bonds. The van der Waals surface area contributed by atoms with E-state index in [0.29, 0.717) is 17.5 Å². The number of aromatic nitrogens is 2. The zero-order valence-electron chi connectivity index (χ0n) is 11.6. The zero-order valence-corrected chi connectivity index (χ0v) is 11.6. The van der Waals surface area contributed by atoms with Gasteiger partial charge in [0.05, 0.1) is 34.8 Å². The van der Waals surface area contributed by atoms with Gasteiger partial charge in [-0.1, -0.05) is 19.9 Å². The summed E-state index contributed by atoms with van der Waals surface area (Å²) in [4.78, 5) is 12.2. The number of nitriles is 1. The van der Waals surface area contributed by atoms with E-state index in [2.05, 4.69) is 25.0 Å². The standard InChI is InChI=1S/C16H15N3O/c1-16(2)7-14-13(15(20)8-16)10-18-19(14)12-5-3-4-11(6-12)9-17/h3-6,10H,7-8H2,1-2H3. The highest BCUT2D eigenvalue weighted by Gasteiger charge is 2.33. The highest BCUT2D eigenvalue weighted by Crippen LogP contribution is 2.35. The molecule has 1 aromatic carbocycles. The van der Waals surface area contributed by atoms with E-state index in [1.807, 2.05) is 12.1 Å². The largest absolute Gasteiger partial charge is 0.294 e. The monoisotopic (exact) mass is 265 g/mol. The molecule has 0 spiro atoms. The van der Waals surface area contributed by atoms with Gasteiger partial charge < -0.3 is 0 Å². The predicted molar refractivity (Wildman–Crippen MR) is 74.7 cm³/mol. The van der Waals surface area contributed by atoms with Crippen LogP contribution in [0.15, 0.2) is 30.5 Å². The van der Waals surface area contributed by atoms with Crippen molar-refractivity contribution in [3.8, 4) is 11.8 Å². The van der Waals surface area contributed by atoms with Crippen molar-refractivity contribution in [3.63, 3.8) is 0 Å². The maximum atomic E-state index is 12.2. The van der Waals surface area contributed by atoms with Gasteiger partial charge in [0.1, 0.15) is 0 Å². The minimum atomic E-state index is -0.0469. The van der Waals surface area contributed by atoms with E-state index in [0.717, 1.165) is 17.8 Å². The highest BCUT2D eigenvalue weighted by molar-refractivity contribution is 5.98. The molecule has 0 atom stereocenters. The molecule has 1 aliphatic rings. The maximum Gasteiger partial charge on any atom is 0.166 e. The summed E-state index contributed by atoms with van der Waals surface area (Å²) in [5, 5.41) is 13.3. The average Bonchev–Trinajstić information content (AvgIpc) is 2.81. The fourth-order valence-electron chi connectivity index (χ4n) is 2.75. The second kappa shape index (κ2) is 4.31. The normalized spacial score (nSPS) is 16.6. The van der Waals surface area contributed by atoms with Gasteiger partial charge in [0.15, 0.2) is 5.78 Å². The Morgan fingerprint density at radius 3 is 2.90 bits per heavy atom. The molecule has 4 nitrogen and oxygen atoms in total. The zero-order chi connectivity index (χ0) is 14.3. The number of carbonyl (C=O) groups is 1. The van der Waals surface area contributed by atoms with Gasteiger partial charge in [0.2, 0.25) is 0 Å². The van der Waals surface area contributed by atoms with Gasteiger partial charge in [0.25, 0.3) is 0 Å². The second-order valence-corrected chi connectivity index (χ2v) is 6.02. The van der Waals surface area contributed by atoms with Crippen LogP contribution in [0, 0.1) is 16.7 Å². The van der Waals surface area contributed by atoms with Crippen molar-refractivity contribution in [1.82, 2.24) is 9.78 Å². The van der Waals surface area contributed by atoms with Crippen molar-refractivity contribution < 1.29 is 4.79 Å². The summed E-state index contributed by atoms with van der Waals surface area (Å²) in [7, 11) is 0. The second-order valence-electron chi connectivity index (χ2n) is 6.02. The van der Waals surface area contributed by atoms with Crippen LogP contribution in [0.1, 0.15) is 41.9 Å². The Morgan fingerprint density at radius 1 is 1.35 bits per heavy atom. The van der Waals surface area contributed by atoms with Crippen molar-refractivity contribution in [2.75, 3.05) is 0 Å². The molecule has 100 valence electrons. The van der Waals surface area contributed by atoms with Crippen LogP contribution in [0.3, 0.4) is 0 Å². The van der Waals surface area contributed by atoms with Crippen LogP contribution in [0.5, 0.6) is 0 Å². The molecular weight excluding hydrogens is 250 g/mol. The SMILES string of the molecule is CC1(C)CC(=O)c2cnn(-c3cccc(C#N)c3)c2C1. The molecule has 0 bridgehead atoms. The summed E-state index contributed by atoms with van der Waals surface area (Å²) in [5.41, 5.74) is 3.03. The third-order valence-electron chi connectivity index (χ3n) is 3.67. The first-order chi connectivity index (χ1) is 9.50. The van der Waals surface area contributed by atoms with Gasteiger partial charge in [-0.2, -0.15) is 10.4 Å². The molecule has 20 heavy (non-hydrogen) atoms. The quantitative estimate of drug-likeness (QED) is 0.796. The van der Waals surface area contributed by atoms with Gasteiger partial charge in [-0.05, 0) is 30.0 Å². The molecule has 0 saturated carbocycles. The van der Waals surface area contributed by atoms with Crippen molar-refractivity contribution in [2.45, 2.75) is 26.7 Å². The smallest absolute Gasteiger partial charge is 0.166 e. The summed E-state index contributed by atoms with van der Waals surface area (Å²) < 4.78 is 1.79. The molecule has 1 aliphatic carbocycles. The molecule has 4 heteroatoms. The Hall–Kier alpha value is -2.41. The minimum absolute atomic E-state index is 0.0469. The van der Waals surface area contributed by atoms with Crippen LogP contribution in [0.4, 0.5) is 0 Å². The third kappa shape index (κ3) is 2.01. The summed E-state index contributed by atoms with van der Waals surface area (Å²) in [6.45, 7) is 4.19. The Labute approximate surface area is 117 Å². The van der Waals surface area contributed by atoms with Crippen molar-refractivity contribution >= 4 is 5.78 Å². The fraction of sp³-hybridized carbons (Fsp3) is 0.312. The summed E-state index contributed by atoms with van der Waals surface area (Å²) in [6, 6.07) is 9.41. The number of hydrogen-bond donors (Lipinski definition) is 0. The highest BCUT2D eigenvalue weighted by atomic mass is 16.1. The molecule has 3 rings (SSSR count). The number of ketones is 1.